The van der Waals surface area contributed by atoms with Gasteiger partial charge in [-0.15, -0.1) is 0 Å². The number of rotatable bonds is 2. The predicted octanol–water partition coefficient (Wildman–Crippen LogP) is 2.31. The number of fused-ring (bicyclic) bond motifs is 1. The maximum atomic E-state index is 13.0. The summed E-state index contributed by atoms with van der Waals surface area (Å²) in [6, 6.07) is 5.73. The third kappa shape index (κ3) is 2.74. The van der Waals surface area contributed by atoms with Crippen LogP contribution in [0.25, 0.3) is 0 Å². The van der Waals surface area contributed by atoms with Crippen LogP contribution in [-0.2, 0) is 17.6 Å². The highest BCUT2D eigenvalue weighted by Gasteiger charge is 2.46. The lowest BCUT2D eigenvalue weighted by molar-refractivity contribution is -0.149. The molecule has 0 saturated carbocycles. The number of carbonyl (C=O) groups is 2. The second-order valence-electron chi connectivity index (χ2n) is 7.08. The molecule has 0 aromatic heterocycles. The Balaban J connectivity index is 1.87. The second kappa shape index (κ2) is 5.96. The first kappa shape index (κ1) is 16.0. The third-order valence-electron chi connectivity index (χ3n) is 5.36. The van der Waals surface area contributed by atoms with E-state index >= 15 is 0 Å². The molecule has 1 aliphatic heterocycles. The van der Waals surface area contributed by atoms with Crippen LogP contribution in [0.4, 0.5) is 0 Å². The molecule has 0 bridgehead atoms. The Morgan fingerprint density at radius 2 is 2.09 bits per heavy atom. The van der Waals surface area contributed by atoms with Crippen LogP contribution in [-0.4, -0.2) is 34.5 Å². The van der Waals surface area contributed by atoms with Crippen molar-refractivity contribution in [2.24, 2.45) is 5.41 Å². The molecule has 1 aromatic rings. The van der Waals surface area contributed by atoms with Crippen LogP contribution >= 0.6 is 0 Å². The van der Waals surface area contributed by atoms with E-state index in [1.54, 1.807) is 11.5 Å². The first-order chi connectivity index (χ1) is 11.0. The van der Waals surface area contributed by atoms with Gasteiger partial charge >= 0.3 is 0 Å². The quantitative estimate of drug-likeness (QED) is 0.650. The van der Waals surface area contributed by atoms with Crippen LogP contribution in [0.3, 0.4) is 0 Å². The predicted molar refractivity (Wildman–Crippen MR) is 86.2 cm³/mol. The number of likely N-dealkylation sites (tertiary alicyclic amines) is 1. The monoisotopic (exact) mass is 316 g/mol. The van der Waals surface area contributed by atoms with Gasteiger partial charge in [0.05, 0.1) is 5.41 Å². The highest BCUT2D eigenvalue weighted by atomic mass is 16.5. The molecule has 1 aliphatic carbocycles. The van der Waals surface area contributed by atoms with Crippen LogP contribution < -0.4 is 5.48 Å². The largest absolute Gasteiger partial charge is 0.340 e. The molecule has 1 aromatic carbocycles. The van der Waals surface area contributed by atoms with Crippen molar-refractivity contribution in [1.82, 2.24) is 10.4 Å². The van der Waals surface area contributed by atoms with Crippen molar-refractivity contribution >= 4 is 11.8 Å². The third-order valence-corrected chi connectivity index (χ3v) is 5.36. The molecular weight excluding hydrogens is 292 g/mol. The number of nitrogens with zero attached hydrogens (tertiary/aromatic N) is 1. The molecule has 2 N–H and O–H groups in total. The first-order valence-corrected chi connectivity index (χ1v) is 8.34. The average Bonchev–Trinajstić information content (AvgIpc) is 2.56. The number of hydrogen-bond acceptors (Lipinski definition) is 3. The molecule has 0 radical (unpaired) electrons. The smallest absolute Gasteiger partial charge is 0.274 e. The summed E-state index contributed by atoms with van der Waals surface area (Å²) >= 11 is 0. The lowest BCUT2D eigenvalue weighted by Crippen LogP contribution is -2.53. The van der Waals surface area contributed by atoms with Crippen LogP contribution in [0, 0.1) is 5.41 Å². The van der Waals surface area contributed by atoms with E-state index in [1.165, 1.54) is 0 Å². The van der Waals surface area contributed by atoms with Gasteiger partial charge in [-0.05, 0) is 69.2 Å². The maximum Gasteiger partial charge on any atom is 0.274 e. The highest BCUT2D eigenvalue weighted by Crippen LogP contribution is 2.43. The zero-order valence-electron chi connectivity index (χ0n) is 13.8. The standard InChI is InChI=1S/C18H24N2O3/c1-12(2)20-9-3-7-18(17(20)22)8-6-13-10-14(16(21)19-23)4-5-15(13)11-18/h4-5,10,12,23H,3,6-9,11H2,1-2H3,(H,19,21). The lowest BCUT2D eigenvalue weighted by atomic mass is 9.66. The van der Waals surface area contributed by atoms with Crippen molar-refractivity contribution in [2.75, 3.05) is 6.54 Å². The Hall–Kier alpha value is -1.88. The molecule has 1 unspecified atom stereocenters. The highest BCUT2D eigenvalue weighted by molar-refractivity contribution is 5.93. The van der Waals surface area contributed by atoms with Gasteiger partial charge in [0.2, 0.25) is 5.91 Å². The first-order valence-electron chi connectivity index (χ1n) is 8.34. The molecule has 1 fully saturated rings. The number of nitrogens with one attached hydrogen (secondary N) is 1. The van der Waals surface area contributed by atoms with Crippen molar-refractivity contribution in [1.29, 1.82) is 0 Å². The Morgan fingerprint density at radius 3 is 2.78 bits per heavy atom. The van der Waals surface area contributed by atoms with Crippen molar-refractivity contribution in [3.8, 4) is 0 Å². The molecule has 1 spiro atoms. The Labute approximate surface area is 136 Å². The summed E-state index contributed by atoms with van der Waals surface area (Å²) in [5.41, 5.74) is 4.14. The van der Waals surface area contributed by atoms with Crippen LogP contribution in [0.5, 0.6) is 0 Å². The number of amides is 2. The van der Waals surface area contributed by atoms with E-state index in [2.05, 4.69) is 13.8 Å². The number of benzene rings is 1. The van der Waals surface area contributed by atoms with Gasteiger partial charge in [-0.2, -0.15) is 0 Å². The van der Waals surface area contributed by atoms with Gasteiger partial charge in [0, 0.05) is 18.2 Å². The summed E-state index contributed by atoms with van der Waals surface area (Å²) in [5.74, 6) is -0.200. The van der Waals surface area contributed by atoms with Crippen molar-refractivity contribution in [3.05, 3.63) is 34.9 Å². The fraction of sp³-hybridized carbons (Fsp3) is 0.556. The van der Waals surface area contributed by atoms with E-state index < -0.39 is 5.91 Å². The average molecular weight is 316 g/mol. The number of carbonyl (C=O) groups excluding carboxylic acids is 2. The van der Waals surface area contributed by atoms with Gasteiger partial charge < -0.3 is 4.90 Å². The molecule has 1 saturated heterocycles. The van der Waals surface area contributed by atoms with E-state index in [-0.39, 0.29) is 11.5 Å². The van der Waals surface area contributed by atoms with Crippen molar-refractivity contribution in [2.45, 2.75) is 52.0 Å². The molecule has 1 atom stereocenters. The summed E-state index contributed by atoms with van der Waals surface area (Å²) in [4.78, 5) is 26.6. The van der Waals surface area contributed by atoms with Gasteiger partial charge in [-0.25, -0.2) is 5.48 Å². The number of aryl methyl sites for hydroxylation is 1. The normalized spacial score (nSPS) is 24.0. The van der Waals surface area contributed by atoms with Gasteiger partial charge in [-0.3, -0.25) is 14.8 Å². The molecule has 3 rings (SSSR count). The fourth-order valence-electron chi connectivity index (χ4n) is 4.05. The zero-order chi connectivity index (χ0) is 16.6. The Morgan fingerprint density at radius 1 is 1.30 bits per heavy atom. The van der Waals surface area contributed by atoms with E-state index in [0.29, 0.717) is 11.5 Å². The topological polar surface area (TPSA) is 69.6 Å². The summed E-state index contributed by atoms with van der Waals surface area (Å²) in [5, 5.41) is 8.76. The van der Waals surface area contributed by atoms with E-state index in [0.717, 1.165) is 49.8 Å². The van der Waals surface area contributed by atoms with Gasteiger partial charge in [0.25, 0.3) is 5.91 Å². The van der Waals surface area contributed by atoms with Crippen LogP contribution in [0.2, 0.25) is 0 Å². The zero-order valence-corrected chi connectivity index (χ0v) is 13.8. The molecule has 23 heavy (non-hydrogen) atoms. The van der Waals surface area contributed by atoms with E-state index in [4.69, 9.17) is 5.21 Å². The molecule has 5 nitrogen and oxygen atoms in total. The van der Waals surface area contributed by atoms with Crippen molar-refractivity contribution < 1.29 is 14.8 Å². The number of hydroxylamine groups is 1. The molecule has 2 aliphatic rings. The second-order valence-corrected chi connectivity index (χ2v) is 7.08. The van der Waals surface area contributed by atoms with Crippen LogP contribution in [0.1, 0.15) is 54.6 Å². The summed E-state index contributed by atoms with van der Waals surface area (Å²) in [6.45, 7) is 5.02. The SMILES string of the molecule is CC(C)N1CCCC2(CCc3cc(C(=O)NO)ccc3C2)C1=O. The van der Waals surface area contributed by atoms with Gasteiger partial charge in [0.1, 0.15) is 0 Å². The molecular formula is C18H24N2O3. The summed E-state index contributed by atoms with van der Waals surface area (Å²) in [7, 11) is 0. The maximum absolute atomic E-state index is 13.0. The summed E-state index contributed by atoms with van der Waals surface area (Å²) in [6.07, 6.45) is 4.41. The minimum absolute atomic E-state index is 0.247. The number of piperidine rings is 1. The minimum atomic E-state index is -0.493. The molecule has 2 amide bonds. The van der Waals surface area contributed by atoms with Crippen molar-refractivity contribution in [3.63, 3.8) is 0 Å². The molecule has 5 heteroatoms. The minimum Gasteiger partial charge on any atom is -0.340 e. The molecule has 1 heterocycles. The Kier molecular flexibility index (Phi) is 4.15. The molecule has 124 valence electrons. The van der Waals surface area contributed by atoms with E-state index in [9.17, 15) is 9.59 Å². The van der Waals surface area contributed by atoms with Gasteiger partial charge in [0.15, 0.2) is 0 Å². The Bertz CT molecular complexity index is 641. The van der Waals surface area contributed by atoms with Gasteiger partial charge in [-0.1, -0.05) is 6.07 Å². The lowest BCUT2D eigenvalue weighted by Gasteiger charge is -2.46. The fourth-order valence-corrected chi connectivity index (χ4v) is 4.05. The number of hydrogen-bond donors (Lipinski definition) is 2. The van der Waals surface area contributed by atoms with E-state index in [1.807, 2.05) is 17.0 Å². The van der Waals surface area contributed by atoms with Crippen LogP contribution in [0.15, 0.2) is 18.2 Å². The summed E-state index contributed by atoms with van der Waals surface area (Å²) < 4.78 is 0.